The molecule has 7 nitrogen and oxygen atoms in total. The molecule has 0 aromatic heterocycles. The Morgan fingerprint density at radius 2 is 1.39 bits per heavy atom. The Morgan fingerprint density at radius 3 is 1.87 bits per heavy atom. The van der Waals surface area contributed by atoms with E-state index in [-0.39, 0.29) is 17.4 Å². The highest BCUT2D eigenvalue weighted by Crippen LogP contribution is 2.23. The summed E-state index contributed by atoms with van der Waals surface area (Å²) in [6, 6.07) is 14.6. The van der Waals surface area contributed by atoms with Crippen LogP contribution in [0.2, 0.25) is 0 Å². The second-order valence-corrected chi connectivity index (χ2v) is 8.96. The van der Waals surface area contributed by atoms with E-state index >= 15 is 0 Å². The number of anilines is 3. The highest BCUT2D eigenvalue weighted by molar-refractivity contribution is 5.99. The van der Waals surface area contributed by atoms with Crippen LogP contribution in [0.25, 0.3) is 0 Å². The molecule has 2 aromatic carbocycles. The monoisotopic (exact) mass is 424 g/mol. The molecule has 0 spiro atoms. The topological polar surface area (TPSA) is 73.9 Å². The van der Waals surface area contributed by atoms with E-state index in [1.54, 1.807) is 31.4 Å². The number of methoxy groups -OCH3 is 1. The maximum absolute atomic E-state index is 12.4. The Labute approximate surface area is 184 Å². The number of rotatable bonds is 5. The van der Waals surface area contributed by atoms with Crippen molar-refractivity contribution in [2.75, 3.05) is 48.8 Å². The Morgan fingerprint density at radius 1 is 0.871 bits per heavy atom. The van der Waals surface area contributed by atoms with Crippen LogP contribution in [0.15, 0.2) is 48.5 Å². The molecule has 1 aliphatic rings. The van der Waals surface area contributed by atoms with Gasteiger partial charge in [-0.3, -0.25) is 4.79 Å². The number of carbonyl (C=O) groups is 2. The van der Waals surface area contributed by atoms with E-state index in [0.717, 1.165) is 37.6 Å². The number of hydrogen-bond donors (Lipinski definition) is 2. The third-order valence-electron chi connectivity index (χ3n) is 5.15. The molecule has 3 amide bonds. The first-order chi connectivity index (χ1) is 14.7. The standard InChI is InChI=1S/C24H32N4O3/c1-24(2,3)17-22(29)28-15-13-27(14-16-28)20-9-5-18(6-10-20)25-23(30)26-19-7-11-21(31-4)12-8-19/h5-12H,13-17H2,1-4H3,(H2,25,26,30). The molecule has 0 saturated carbocycles. The SMILES string of the molecule is COc1ccc(NC(=O)Nc2ccc(N3CCN(C(=O)CC(C)(C)C)CC3)cc2)cc1. The average molecular weight is 425 g/mol. The van der Waals surface area contributed by atoms with E-state index in [1.807, 2.05) is 29.2 Å². The zero-order valence-electron chi connectivity index (χ0n) is 18.8. The van der Waals surface area contributed by atoms with Crippen molar-refractivity contribution in [1.29, 1.82) is 0 Å². The van der Waals surface area contributed by atoms with Gasteiger partial charge in [-0.15, -0.1) is 0 Å². The lowest BCUT2D eigenvalue weighted by molar-refractivity contribution is -0.133. The van der Waals surface area contributed by atoms with Crippen molar-refractivity contribution in [1.82, 2.24) is 4.90 Å². The van der Waals surface area contributed by atoms with Gasteiger partial charge in [0.2, 0.25) is 5.91 Å². The lowest BCUT2D eigenvalue weighted by Crippen LogP contribution is -2.49. The summed E-state index contributed by atoms with van der Waals surface area (Å²) in [5.41, 5.74) is 2.50. The highest BCUT2D eigenvalue weighted by atomic mass is 16.5. The number of amides is 3. The second kappa shape index (κ2) is 9.73. The number of piperazine rings is 1. The van der Waals surface area contributed by atoms with Crippen molar-refractivity contribution in [3.8, 4) is 5.75 Å². The minimum absolute atomic E-state index is 0.0106. The molecule has 1 aliphatic heterocycles. The maximum Gasteiger partial charge on any atom is 0.323 e. The van der Waals surface area contributed by atoms with Crippen LogP contribution >= 0.6 is 0 Å². The molecule has 2 aromatic rings. The summed E-state index contributed by atoms with van der Waals surface area (Å²) < 4.78 is 5.12. The molecule has 1 heterocycles. The van der Waals surface area contributed by atoms with E-state index in [4.69, 9.17) is 4.74 Å². The van der Waals surface area contributed by atoms with Crippen LogP contribution in [0.3, 0.4) is 0 Å². The summed E-state index contributed by atoms with van der Waals surface area (Å²) in [6.07, 6.45) is 0.575. The molecule has 1 saturated heterocycles. The molecule has 1 fully saturated rings. The minimum atomic E-state index is -0.302. The number of carbonyl (C=O) groups excluding carboxylic acids is 2. The third-order valence-corrected chi connectivity index (χ3v) is 5.15. The summed E-state index contributed by atoms with van der Waals surface area (Å²) in [5.74, 6) is 0.968. The van der Waals surface area contributed by atoms with Gasteiger partial charge in [0.05, 0.1) is 7.11 Å². The predicted octanol–water partition coefficient (Wildman–Crippen LogP) is 4.42. The van der Waals surface area contributed by atoms with E-state index < -0.39 is 0 Å². The fourth-order valence-electron chi connectivity index (χ4n) is 3.50. The number of nitrogens with zero attached hydrogens (tertiary/aromatic N) is 2. The van der Waals surface area contributed by atoms with Crippen LogP contribution in [0, 0.1) is 5.41 Å². The van der Waals surface area contributed by atoms with Crippen LogP contribution in [0.1, 0.15) is 27.2 Å². The molecule has 0 atom stereocenters. The Balaban J connectivity index is 1.49. The van der Waals surface area contributed by atoms with Gasteiger partial charge in [-0.1, -0.05) is 20.8 Å². The number of hydrogen-bond acceptors (Lipinski definition) is 4. The summed E-state index contributed by atoms with van der Waals surface area (Å²) in [6.45, 7) is 9.36. The van der Waals surface area contributed by atoms with Gasteiger partial charge in [0, 0.05) is 49.7 Å². The fourth-order valence-corrected chi connectivity index (χ4v) is 3.50. The van der Waals surface area contributed by atoms with Crippen molar-refractivity contribution in [3.63, 3.8) is 0 Å². The molecule has 0 radical (unpaired) electrons. The first-order valence-corrected chi connectivity index (χ1v) is 10.6. The summed E-state index contributed by atoms with van der Waals surface area (Å²) in [7, 11) is 1.60. The molecular weight excluding hydrogens is 392 g/mol. The Bertz CT molecular complexity index is 881. The van der Waals surface area contributed by atoms with E-state index in [2.05, 4.69) is 36.3 Å². The van der Waals surface area contributed by atoms with Crippen LogP contribution < -0.4 is 20.3 Å². The Kier molecular flexibility index (Phi) is 7.05. The van der Waals surface area contributed by atoms with Gasteiger partial charge in [-0.2, -0.15) is 0 Å². The molecule has 31 heavy (non-hydrogen) atoms. The van der Waals surface area contributed by atoms with Crippen LogP contribution in [-0.2, 0) is 4.79 Å². The molecule has 166 valence electrons. The molecule has 7 heteroatoms. The van der Waals surface area contributed by atoms with Crippen molar-refractivity contribution >= 4 is 29.0 Å². The first kappa shape index (κ1) is 22.5. The lowest BCUT2D eigenvalue weighted by Gasteiger charge is -2.37. The number of ether oxygens (including phenoxy) is 1. The molecule has 0 aliphatic carbocycles. The van der Waals surface area contributed by atoms with E-state index in [0.29, 0.717) is 17.8 Å². The largest absolute Gasteiger partial charge is 0.497 e. The van der Waals surface area contributed by atoms with Crippen LogP contribution in [0.4, 0.5) is 21.9 Å². The van der Waals surface area contributed by atoms with Gasteiger partial charge >= 0.3 is 6.03 Å². The summed E-state index contributed by atoms with van der Waals surface area (Å²) >= 11 is 0. The summed E-state index contributed by atoms with van der Waals surface area (Å²) in [4.78, 5) is 28.9. The zero-order valence-corrected chi connectivity index (χ0v) is 18.8. The fraction of sp³-hybridized carbons (Fsp3) is 0.417. The van der Waals surface area contributed by atoms with Crippen LogP contribution in [0.5, 0.6) is 5.75 Å². The normalized spacial score (nSPS) is 14.2. The van der Waals surface area contributed by atoms with Gasteiger partial charge in [0.15, 0.2) is 0 Å². The molecular formula is C24H32N4O3. The van der Waals surface area contributed by atoms with Crippen molar-refractivity contribution in [2.24, 2.45) is 5.41 Å². The minimum Gasteiger partial charge on any atom is -0.497 e. The lowest BCUT2D eigenvalue weighted by atomic mass is 9.91. The van der Waals surface area contributed by atoms with Gasteiger partial charge in [-0.05, 0) is 53.9 Å². The Hall–Kier alpha value is -3.22. The van der Waals surface area contributed by atoms with Crippen LogP contribution in [-0.4, -0.2) is 50.1 Å². The molecule has 0 unspecified atom stereocenters. The zero-order chi connectivity index (χ0) is 22.4. The number of urea groups is 1. The molecule has 2 N–H and O–H groups in total. The summed E-state index contributed by atoms with van der Waals surface area (Å²) in [5, 5.41) is 5.64. The highest BCUT2D eigenvalue weighted by Gasteiger charge is 2.24. The first-order valence-electron chi connectivity index (χ1n) is 10.6. The molecule has 0 bridgehead atoms. The average Bonchev–Trinajstić information content (AvgIpc) is 2.74. The van der Waals surface area contributed by atoms with Gasteiger partial charge < -0.3 is 25.2 Å². The van der Waals surface area contributed by atoms with E-state index in [9.17, 15) is 9.59 Å². The molecule has 3 rings (SSSR count). The number of nitrogens with one attached hydrogen (secondary N) is 2. The third kappa shape index (κ3) is 6.64. The smallest absolute Gasteiger partial charge is 0.323 e. The van der Waals surface area contributed by atoms with Gasteiger partial charge in [0.25, 0.3) is 0 Å². The van der Waals surface area contributed by atoms with E-state index in [1.165, 1.54) is 0 Å². The van der Waals surface area contributed by atoms with Crippen molar-refractivity contribution in [2.45, 2.75) is 27.2 Å². The number of benzene rings is 2. The van der Waals surface area contributed by atoms with Crippen molar-refractivity contribution in [3.05, 3.63) is 48.5 Å². The predicted molar refractivity (Wildman–Crippen MR) is 125 cm³/mol. The maximum atomic E-state index is 12.4. The second-order valence-electron chi connectivity index (χ2n) is 8.96. The van der Waals surface area contributed by atoms with Gasteiger partial charge in [0.1, 0.15) is 5.75 Å². The van der Waals surface area contributed by atoms with Crippen molar-refractivity contribution < 1.29 is 14.3 Å². The quantitative estimate of drug-likeness (QED) is 0.745. The van der Waals surface area contributed by atoms with Gasteiger partial charge in [-0.25, -0.2) is 4.79 Å².